The molecule has 30 heavy (non-hydrogen) atoms. The number of guanidine groups is 1. The van der Waals surface area contributed by atoms with Crippen LogP contribution in [0.15, 0.2) is 46.8 Å². The Kier molecular flexibility index (Phi) is 10.7. The monoisotopic (exact) mass is 548 g/mol. The molecule has 1 saturated heterocycles. The Morgan fingerprint density at radius 3 is 2.67 bits per heavy atom. The molecule has 1 atom stereocenters. The van der Waals surface area contributed by atoms with E-state index in [0.29, 0.717) is 17.8 Å². The van der Waals surface area contributed by atoms with E-state index in [4.69, 9.17) is 4.74 Å². The summed E-state index contributed by atoms with van der Waals surface area (Å²) in [5.41, 5.74) is 0. The molecule has 0 saturated carbocycles. The molecule has 1 unspecified atom stereocenters. The molecule has 1 aromatic carbocycles. The summed E-state index contributed by atoms with van der Waals surface area (Å²) in [6.45, 7) is 5.14. The number of aliphatic imine (C=N–C) groups is 1. The van der Waals surface area contributed by atoms with E-state index in [-0.39, 0.29) is 42.9 Å². The predicted octanol–water partition coefficient (Wildman–Crippen LogP) is 3.47. The van der Waals surface area contributed by atoms with Crippen LogP contribution in [-0.2, 0) is 0 Å². The van der Waals surface area contributed by atoms with Gasteiger partial charge in [0.15, 0.2) is 5.96 Å². The van der Waals surface area contributed by atoms with E-state index in [1.54, 1.807) is 23.5 Å². The van der Waals surface area contributed by atoms with Crippen molar-refractivity contribution in [3.63, 3.8) is 0 Å². The normalized spacial score (nSPS) is 16.0. The molecule has 166 valence electrons. The van der Waals surface area contributed by atoms with Crippen molar-refractivity contribution in [1.82, 2.24) is 10.6 Å². The molecule has 0 aliphatic carbocycles. The summed E-state index contributed by atoms with van der Waals surface area (Å²) in [6.07, 6.45) is 1.34. The lowest BCUT2D eigenvalue weighted by Crippen LogP contribution is -2.49. The minimum Gasteiger partial charge on any atom is -0.491 e. The van der Waals surface area contributed by atoms with Gasteiger partial charge >= 0.3 is 0 Å². The molecule has 1 fully saturated rings. The van der Waals surface area contributed by atoms with E-state index in [0.717, 1.165) is 32.5 Å². The van der Waals surface area contributed by atoms with Crippen molar-refractivity contribution in [2.75, 3.05) is 37.7 Å². The Hall–Kier alpha value is -1.59. The van der Waals surface area contributed by atoms with E-state index in [1.807, 2.05) is 6.92 Å². The molecule has 3 rings (SSSR count). The fraction of sp³-hybridized carbons (Fsp3) is 0.476. The second kappa shape index (κ2) is 13.0. The molecule has 1 aliphatic rings. The van der Waals surface area contributed by atoms with Crippen molar-refractivity contribution in [2.45, 2.75) is 31.9 Å². The lowest BCUT2D eigenvalue weighted by atomic mass is 10.1. The second-order valence-electron chi connectivity index (χ2n) is 7.00. The first kappa shape index (κ1) is 24.7. The fourth-order valence-corrected chi connectivity index (χ4v) is 3.97. The van der Waals surface area contributed by atoms with Crippen LogP contribution in [-0.4, -0.2) is 56.0 Å². The highest BCUT2D eigenvalue weighted by Gasteiger charge is 2.20. The van der Waals surface area contributed by atoms with E-state index in [2.05, 4.69) is 38.0 Å². The van der Waals surface area contributed by atoms with Crippen molar-refractivity contribution < 1.29 is 14.2 Å². The topological polar surface area (TPSA) is 69.1 Å². The van der Waals surface area contributed by atoms with Gasteiger partial charge in [-0.1, -0.05) is 0 Å². The highest BCUT2D eigenvalue weighted by atomic mass is 127. The molecule has 0 spiro atoms. The van der Waals surface area contributed by atoms with Gasteiger partial charge in [0.2, 0.25) is 0 Å². The maximum Gasteiger partial charge on any atom is 0.191 e. The molecule has 3 N–H and O–H groups in total. The van der Waals surface area contributed by atoms with Crippen molar-refractivity contribution in [1.29, 1.82) is 0 Å². The zero-order valence-corrected chi connectivity index (χ0v) is 20.2. The standard InChI is InChI=1S/C21H29FN4O2S.HI/c1-2-23-21(24-14-18(27)15-28-19-7-5-16(22)6-8-19)25-17-9-11-26(12-10-17)20-4-3-13-29-20;/h3-8,13,17-18,27H,2,9-12,14-15H2,1H3,(H2,23,24,25);1H. The Morgan fingerprint density at radius 2 is 2.03 bits per heavy atom. The predicted molar refractivity (Wildman–Crippen MR) is 132 cm³/mol. The summed E-state index contributed by atoms with van der Waals surface area (Å²) < 4.78 is 18.4. The highest BCUT2D eigenvalue weighted by Crippen LogP contribution is 2.24. The molecular formula is C21H30FIN4O2S. The summed E-state index contributed by atoms with van der Waals surface area (Å²) in [5.74, 6) is 0.921. The smallest absolute Gasteiger partial charge is 0.191 e. The highest BCUT2D eigenvalue weighted by molar-refractivity contribution is 14.0. The zero-order valence-electron chi connectivity index (χ0n) is 17.1. The van der Waals surface area contributed by atoms with E-state index in [9.17, 15) is 9.50 Å². The van der Waals surface area contributed by atoms with Gasteiger partial charge in [0.05, 0.1) is 11.5 Å². The minimum absolute atomic E-state index is 0. The molecule has 2 aromatic rings. The van der Waals surface area contributed by atoms with Crippen LogP contribution in [0.5, 0.6) is 5.75 Å². The first-order valence-electron chi connectivity index (χ1n) is 10.0. The number of piperidine rings is 1. The van der Waals surface area contributed by atoms with Crippen molar-refractivity contribution >= 4 is 46.3 Å². The SMILES string of the molecule is CCNC(=NCC(O)COc1ccc(F)cc1)NC1CCN(c2cccs2)CC1.I. The number of nitrogens with zero attached hydrogens (tertiary/aromatic N) is 2. The number of aliphatic hydroxyl groups is 1. The molecular weight excluding hydrogens is 518 g/mol. The quantitative estimate of drug-likeness (QED) is 0.268. The van der Waals surface area contributed by atoms with Gasteiger partial charge in [0.1, 0.15) is 24.3 Å². The second-order valence-corrected chi connectivity index (χ2v) is 7.92. The van der Waals surface area contributed by atoms with Gasteiger partial charge in [0, 0.05) is 25.7 Å². The summed E-state index contributed by atoms with van der Waals surface area (Å²) in [4.78, 5) is 6.92. The van der Waals surface area contributed by atoms with Crippen LogP contribution in [0.3, 0.4) is 0 Å². The van der Waals surface area contributed by atoms with E-state index >= 15 is 0 Å². The maximum atomic E-state index is 12.9. The molecule has 1 aromatic heterocycles. The zero-order chi connectivity index (χ0) is 20.5. The van der Waals surface area contributed by atoms with Crippen LogP contribution in [0.4, 0.5) is 9.39 Å². The van der Waals surface area contributed by atoms with Crippen LogP contribution >= 0.6 is 35.3 Å². The van der Waals surface area contributed by atoms with Gasteiger partial charge < -0.3 is 25.4 Å². The molecule has 0 bridgehead atoms. The third-order valence-electron chi connectivity index (χ3n) is 4.71. The Morgan fingerprint density at radius 1 is 1.30 bits per heavy atom. The summed E-state index contributed by atoms with van der Waals surface area (Å²) in [5, 5.41) is 20.3. The number of ether oxygens (including phenoxy) is 1. The number of halogens is 2. The van der Waals surface area contributed by atoms with E-state index < -0.39 is 6.10 Å². The number of aliphatic hydroxyl groups excluding tert-OH is 1. The van der Waals surface area contributed by atoms with Crippen LogP contribution < -0.4 is 20.3 Å². The molecule has 1 aliphatic heterocycles. The Balaban J connectivity index is 0.00000320. The van der Waals surface area contributed by atoms with Gasteiger partial charge in [-0.05, 0) is 61.5 Å². The molecule has 6 nitrogen and oxygen atoms in total. The number of rotatable bonds is 8. The Bertz CT molecular complexity index is 753. The fourth-order valence-electron chi connectivity index (χ4n) is 3.18. The lowest BCUT2D eigenvalue weighted by Gasteiger charge is -2.33. The van der Waals surface area contributed by atoms with E-state index in [1.165, 1.54) is 17.1 Å². The van der Waals surface area contributed by atoms with Gasteiger partial charge in [-0.15, -0.1) is 35.3 Å². The Labute approximate surface area is 198 Å². The summed E-state index contributed by atoms with van der Waals surface area (Å²) >= 11 is 1.78. The average molecular weight is 548 g/mol. The van der Waals surface area contributed by atoms with Gasteiger partial charge in [-0.3, -0.25) is 4.99 Å². The first-order chi connectivity index (χ1) is 14.1. The van der Waals surface area contributed by atoms with Crippen molar-refractivity contribution in [3.8, 4) is 5.75 Å². The minimum atomic E-state index is -0.740. The van der Waals surface area contributed by atoms with Crippen LogP contribution in [0.25, 0.3) is 0 Å². The van der Waals surface area contributed by atoms with Gasteiger partial charge in [-0.2, -0.15) is 0 Å². The van der Waals surface area contributed by atoms with Crippen molar-refractivity contribution in [2.24, 2.45) is 4.99 Å². The van der Waals surface area contributed by atoms with Gasteiger partial charge in [-0.25, -0.2) is 4.39 Å². The van der Waals surface area contributed by atoms with Crippen LogP contribution in [0.2, 0.25) is 0 Å². The maximum absolute atomic E-state index is 12.9. The number of hydrogen-bond acceptors (Lipinski definition) is 5. The van der Waals surface area contributed by atoms with Gasteiger partial charge in [0.25, 0.3) is 0 Å². The molecule has 9 heteroatoms. The number of nitrogens with one attached hydrogen (secondary N) is 2. The molecule has 0 amide bonds. The average Bonchev–Trinajstić information content (AvgIpc) is 3.27. The third kappa shape index (κ3) is 7.92. The first-order valence-corrected chi connectivity index (χ1v) is 10.9. The number of hydrogen-bond donors (Lipinski definition) is 3. The summed E-state index contributed by atoms with van der Waals surface area (Å²) in [7, 11) is 0. The summed E-state index contributed by atoms with van der Waals surface area (Å²) in [6, 6.07) is 10.4. The lowest BCUT2D eigenvalue weighted by molar-refractivity contribution is 0.114. The number of thiophene rings is 1. The van der Waals surface area contributed by atoms with Crippen LogP contribution in [0.1, 0.15) is 19.8 Å². The number of benzene rings is 1. The van der Waals surface area contributed by atoms with Crippen molar-refractivity contribution in [3.05, 3.63) is 47.6 Å². The number of anilines is 1. The van der Waals surface area contributed by atoms with Crippen LogP contribution in [0, 0.1) is 5.82 Å². The molecule has 0 radical (unpaired) electrons. The largest absolute Gasteiger partial charge is 0.491 e. The molecule has 2 heterocycles. The third-order valence-corrected chi connectivity index (χ3v) is 5.64.